The Bertz CT molecular complexity index is 587. The second-order valence-electron chi connectivity index (χ2n) is 5.71. The zero-order valence-corrected chi connectivity index (χ0v) is 14.0. The van der Waals surface area contributed by atoms with Gasteiger partial charge in [-0.2, -0.15) is 0 Å². The fraction of sp³-hybridized carbons (Fsp3) is 0.381. The van der Waals surface area contributed by atoms with E-state index in [2.05, 4.69) is 5.32 Å². The lowest BCUT2D eigenvalue weighted by atomic mass is 10.3. The fourth-order valence-corrected chi connectivity index (χ4v) is 2.55. The van der Waals surface area contributed by atoms with Crippen molar-refractivity contribution in [3.05, 3.63) is 60.7 Å². The van der Waals surface area contributed by atoms with Crippen LogP contribution in [0.3, 0.4) is 0 Å². The molecule has 2 aromatic rings. The Hall–Kier alpha value is -2.33. The summed E-state index contributed by atoms with van der Waals surface area (Å²) in [4.78, 5) is 13.1. The van der Waals surface area contributed by atoms with Gasteiger partial charge in [0.15, 0.2) is 0 Å². The molecular formula is C21H30N2O2. The summed E-state index contributed by atoms with van der Waals surface area (Å²) in [5.74, 6) is 0.251. The van der Waals surface area contributed by atoms with Gasteiger partial charge in [0, 0.05) is 37.5 Å². The normalized spacial score (nSPS) is 12.8. The summed E-state index contributed by atoms with van der Waals surface area (Å²) in [6, 6.07) is 19.9. The molecule has 0 bridgehead atoms. The van der Waals surface area contributed by atoms with Crippen LogP contribution in [0.1, 0.15) is 33.1 Å². The maximum Gasteiger partial charge on any atom is 0.227 e. The Labute approximate surface area is 151 Å². The second-order valence-corrected chi connectivity index (χ2v) is 5.71. The van der Waals surface area contributed by atoms with Gasteiger partial charge in [-0.1, -0.05) is 43.8 Å². The minimum Gasteiger partial charge on any atom is -0.396 e. The first-order valence-corrected chi connectivity index (χ1v) is 8.56. The lowest BCUT2D eigenvalue weighted by molar-refractivity contribution is -0.117. The Kier molecular flexibility index (Phi) is 10.0. The average molecular weight is 342 g/mol. The minimum atomic E-state index is 0. The monoisotopic (exact) mass is 342 g/mol. The van der Waals surface area contributed by atoms with Gasteiger partial charge >= 0.3 is 0 Å². The first-order valence-electron chi connectivity index (χ1n) is 8.56. The lowest BCUT2D eigenvalue weighted by Gasteiger charge is -2.14. The molecule has 1 aliphatic rings. The summed E-state index contributed by atoms with van der Waals surface area (Å²) < 4.78 is 0. The number of aliphatic hydroxyl groups is 1. The highest BCUT2D eigenvalue weighted by Crippen LogP contribution is 2.19. The molecule has 4 nitrogen and oxygen atoms in total. The molecule has 0 aliphatic carbocycles. The van der Waals surface area contributed by atoms with Crippen molar-refractivity contribution in [2.45, 2.75) is 33.1 Å². The van der Waals surface area contributed by atoms with Crippen LogP contribution in [-0.4, -0.2) is 30.7 Å². The summed E-state index contributed by atoms with van der Waals surface area (Å²) in [6.45, 7) is 2.10. The maximum atomic E-state index is 11.3. The summed E-state index contributed by atoms with van der Waals surface area (Å²) in [5.41, 5.74) is 2.18. The van der Waals surface area contributed by atoms with Gasteiger partial charge in [0.1, 0.15) is 0 Å². The molecule has 0 atom stereocenters. The van der Waals surface area contributed by atoms with E-state index in [9.17, 15) is 4.79 Å². The summed E-state index contributed by atoms with van der Waals surface area (Å²) in [6.07, 6.45) is 3.59. The first kappa shape index (κ1) is 20.7. The van der Waals surface area contributed by atoms with Crippen molar-refractivity contribution < 1.29 is 9.90 Å². The summed E-state index contributed by atoms with van der Waals surface area (Å²) >= 11 is 0. The highest BCUT2D eigenvalue weighted by molar-refractivity contribution is 5.95. The standard InChI is InChI=1S/C10H11NO.C10H15NO.CH4/c12-10-7-4-8-11(10)9-5-2-1-3-6-9;12-9-5-4-8-11-10-6-2-1-3-7-10;/h1-3,5-6H,4,7-8H2;1-3,6-7,11-12H,4-5,8-9H2;1H4. The minimum absolute atomic E-state index is 0. The summed E-state index contributed by atoms with van der Waals surface area (Å²) in [5, 5.41) is 11.8. The first-order chi connectivity index (χ1) is 11.8. The van der Waals surface area contributed by atoms with Crippen LogP contribution in [0.5, 0.6) is 0 Å². The van der Waals surface area contributed by atoms with Gasteiger partial charge in [0.2, 0.25) is 5.91 Å². The number of aliphatic hydroxyl groups excluding tert-OH is 1. The smallest absolute Gasteiger partial charge is 0.227 e. The largest absolute Gasteiger partial charge is 0.396 e. The predicted molar refractivity (Wildman–Crippen MR) is 106 cm³/mol. The SMILES string of the molecule is C.O=C1CCCN1c1ccccc1.OCCCCNc1ccccc1. The average Bonchev–Trinajstić information content (AvgIpc) is 3.07. The van der Waals surface area contributed by atoms with E-state index in [0.717, 1.165) is 43.7 Å². The molecule has 1 aliphatic heterocycles. The zero-order valence-electron chi connectivity index (χ0n) is 14.0. The number of hydrogen-bond acceptors (Lipinski definition) is 3. The van der Waals surface area contributed by atoms with Gasteiger partial charge in [-0.25, -0.2) is 0 Å². The third-order valence-electron chi connectivity index (χ3n) is 3.83. The van der Waals surface area contributed by atoms with Crippen LogP contribution in [0.15, 0.2) is 60.7 Å². The molecule has 1 heterocycles. The quantitative estimate of drug-likeness (QED) is 0.769. The number of carbonyl (C=O) groups is 1. The molecule has 0 unspecified atom stereocenters. The van der Waals surface area contributed by atoms with E-state index in [-0.39, 0.29) is 19.9 Å². The van der Waals surface area contributed by atoms with E-state index < -0.39 is 0 Å². The number of nitrogens with one attached hydrogen (secondary N) is 1. The number of amides is 1. The number of carbonyl (C=O) groups excluding carboxylic acids is 1. The Balaban J connectivity index is 0.000000240. The van der Waals surface area contributed by atoms with Crippen molar-refractivity contribution in [1.29, 1.82) is 0 Å². The van der Waals surface area contributed by atoms with Crippen molar-refractivity contribution in [2.24, 2.45) is 0 Å². The molecule has 4 heteroatoms. The van der Waals surface area contributed by atoms with Gasteiger partial charge in [0.05, 0.1) is 0 Å². The molecule has 25 heavy (non-hydrogen) atoms. The number of nitrogens with zero attached hydrogens (tertiary/aromatic N) is 1. The number of para-hydroxylation sites is 2. The number of rotatable bonds is 6. The van der Waals surface area contributed by atoms with Crippen LogP contribution in [0.25, 0.3) is 0 Å². The van der Waals surface area contributed by atoms with Crippen molar-refractivity contribution in [3.8, 4) is 0 Å². The molecule has 1 amide bonds. The Morgan fingerprint density at radius 1 is 0.960 bits per heavy atom. The van der Waals surface area contributed by atoms with Crippen molar-refractivity contribution in [3.63, 3.8) is 0 Å². The molecule has 1 saturated heterocycles. The number of unbranched alkanes of at least 4 members (excludes halogenated alkanes) is 1. The number of hydrogen-bond donors (Lipinski definition) is 2. The van der Waals surface area contributed by atoms with Gasteiger partial charge in [0.25, 0.3) is 0 Å². The van der Waals surface area contributed by atoms with Gasteiger partial charge in [-0.05, 0) is 43.5 Å². The predicted octanol–water partition coefficient (Wildman–Crippen LogP) is 4.32. The molecular weight excluding hydrogens is 312 g/mol. The summed E-state index contributed by atoms with van der Waals surface area (Å²) in [7, 11) is 0. The molecule has 3 rings (SSSR count). The van der Waals surface area contributed by atoms with Crippen LogP contribution >= 0.6 is 0 Å². The molecule has 0 aromatic heterocycles. The maximum absolute atomic E-state index is 11.3. The Morgan fingerprint density at radius 2 is 1.60 bits per heavy atom. The van der Waals surface area contributed by atoms with Crippen molar-refractivity contribution in [2.75, 3.05) is 29.9 Å². The van der Waals surface area contributed by atoms with Gasteiger partial charge < -0.3 is 15.3 Å². The molecule has 2 aromatic carbocycles. The van der Waals surface area contributed by atoms with Crippen LogP contribution in [0.4, 0.5) is 11.4 Å². The number of benzene rings is 2. The van der Waals surface area contributed by atoms with E-state index in [1.165, 1.54) is 0 Å². The lowest BCUT2D eigenvalue weighted by Crippen LogP contribution is -2.23. The molecule has 136 valence electrons. The topological polar surface area (TPSA) is 52.6 Å². The number of anilines is 2. The van der Waals surface area contributed by atoms with Crippen LogP contribution in [0, 0.1) is 0 Å². The van der Waals surface area contributed by atoms with Gasteiger partial charge in [-0.15, -0.1) is 0 Å². The zero-order chi connectivity index (χ0) is 17.0. The van der Waals surface area contributed by atoms with E-state index in [0.29, 0.717) is 6.42 Å². The highest BCUT2D eigenvalue weighted by Gasteiger charge is 2.20. The molecule has 0 saturated carbocycles. The van der Waals surface area contributed by atoms with Crippen LogP contribution in [-0.2, 0) is 4.79 Å². The third-order valence-corrected chi connectivity index (χ3v) is 3.83. The van der Waals surface area contributed by atoms with Gasteiger partial charge in [-0.3, -0.25) is 4.79 Å². The molecule has 2 N–H and O–H groups in total. The second kappa shape index (κ2) is 12.1. The van der Waals surface area contributed by atoms with Crippen LogP contribution < -0.4 is 10.2 Å². The van der Waals surface area contributed by atoms with E-state index in [4.69, 9.17) is 5.11 Å². The van der Waals surface area contributed by atoms with Crippen molar-refractivity contribution >= 4 is 17.3 Å². The highest BCUT2D eigenvalue weighted by atomic mass is 16.2. The van der Waals surface area contributed by atoms with Crippen LogP contribution in [0.2, 0.25) is 0 Å². The van der Waals surface area contributed by atoms with Crippen molar-refractivity contribution in [1.82, 2.24) is 0 Å². The molecule has 1 fully saturated rings. The van der Waals surface area contributed by atoms with E-state index >= 15 is 0 Å². The Morgan fingerprint density at radius 3 is 2.16 bits per heavy atom. The fourth-order valence-electron chi connectivity index (χ4n) is 2.55. The van der Waals surface area contributed by atoms with E-state index in [1.807, 2.05) is 65.6 Å². The molecule has 0 spiro atoms. The molecule has 0 radical (unpaired) electrons. The third kappa shape index (κ3) is 7.40. The van der Waals surface area contributed by atoms with E-state index in [1.54, 1.807) is 0 Å².